The van der Waals surface area contributed by atoms with Gasteiger partial charge in [0.15, 0.2) is 5.82 Å². The van der Waals surface area contributed by atoms with Crippen molar-refractivity contribution in [2.45, 2.75) is 25.3 Å². The van der Waals surface area contributed by atoms with E-state index in [1.165, 1.54) is 17.5 Å². The van der Waals surface area contributed by atoms with Crippen molar-refractivity contribution in [1.29, 1.82) is 0 Å². The molecule has 2 aromatic heterocycles. The van der Waals surface area contributed by atoms with Crippen molar-refractivity contribution in [3.63, 3.8) is 0 Å². The highest BCUT2D eigenvalue weighted by Crippen LogP contribution is 2.35. The molecule has 0 spiro atoms. The zero-order valence-electron chi connectivity index (χ0n) is 14.0. The van der Waals surface area contributed by atoms with Crippen molar-refractivity contribution >= 4 is 5.82 Å². The number of ether oxygens (including phenoxy) is 1. The van der Waals surface area contributed by atoms with E-state index in [0.717, 1.165) is 12.8 Å². The van der Waals surface area contributed by atoms with Gasteiger partial charge in [0.1, 0.15) is 17.7 Å². The van der Waals surface area contributed by atoms with Gasteiger partial charge in [0.25, 0.3) is 5.89 Å². The molecule has 0 amide bonds. The van der Waals surface area contributed by atoms with Gasteiger partial charge in [-0.15, -0.1) is 0 Å². The lowest BCUT2D eigenvalue weighted by Gasteiger charge is -2.15. The van der Waals surface area contributed by atoms with Crippen LogP contribution in [0.25, 0.3) is 11.5 Å². The first-order valence-electron chi connectivity index (χ1n) is 8.31. The molecule has 25 heavy (non-hydrogen) atoms. The van der Waals surface area contributed by atoms with Crippen LogP contribution in [0.15, 0.2) is 41.3 Å². The zero-order valence-corrected chi connectivity index (χ0v) is 14.0. The first kappa shape index (κ1) is 15.7. The summed E-state index contributed by atoms with van der Waals surface area (Å²) in [6, 6.07) is 8.71. The number of hydrogen-bond donors (Lipinski definition) is 1. The minimum absolute atomic E-state index is 0.223. The number of rotatable bonds is 6. The standard InChI is InChI=1S/C18H19N5O2/c1-24-9-8-16-22-18(25-23-16)14-10-19-11-20-17(14)21-15-7-6-12-4-2-3-5-13(12)15/h2-5,10-11,15H,6-9H2,1H3,(H,19,20,21)/t15-/m0/s1. The van der Waals surface area contributed by atoms with Crippen LogP contribution in [0, 0.1) is 0 Å². The van der Waals surface area contributed by atoms with E-state index in [-0.39, 0.29) is 6.04 Å². The number of methoxy groups -OCH3 is 1. The van der Waals surface area contributed by atoms with Gasteiger partial charge in [-0.1, -0.05) is 29.4 Å². The van der Waals surface area contributed by atoms with Gasteiger partial charge in [0.05, 0.1) is 12.6 Å². The van der Waals surface area contributed by atoms with Gasteiger partial charge in [-0.25, -0.2) is 9.97 Å². The average Bonchev–Trinajstić information content (AvgIpc) is 3.28. The summed E-state index contributed by atoms with van der Waals surface area (Å²) in [6.45, 7) is 0.550. The molecule has 0 radical (unpaired) electrons. The Labute approximate surface area is 145 Å². The van der Waals surface area contributed by atoms with Gasteiger partial charge in [-0.3, -0.25) is 0 Å². The van der Waals surface area contributed by atoms with Crippen molar-refractivity contribution in [2.24, 2.45) is 0 Å². The summed E-state index contributed by atoms with van der Waals surface area (Å²) < 4.78 is 10.4. The number of nitrogens with one attached hydrogen (secondary N) is 1. The molecule has 1 aliphatic rings. The molecule has 4 rings (SSSR count). The van der Waals surface area contributed by atoms with E-state index in [4.69, 9.17) is 9.26 Å². The van der Waals surface area contributed by atoms with Gasteiger partial charge < -0.3 is 14.6 Å². The van der Waals surface area contributed by atoms with Gasteiger partial charge in [-0.2, -0.15) is 4.98 Å². The van der Waals surface area contributed by atoms with E-state index in [2.05, 4.69) is 49.7 Å². The predicted molar refractivity (Wildman–Crippen MR) is 92.0 cm³/mol. The van der Waals surface area contributed by atoms with Gasteiger partial charge in [0, 0.05) is 19.7 Å². The van der Waals surface area contributed by atoms with E-state index in [1.54, 1.807) is 13.3 Å². The average molecular weight is 337 g/mol. The number of benzene rings is 1. The molecule has 3 aromatic rings. The maximum atomic E-state index is 5.39. The third-order valence-corrected chi connectivity index (χ3v) is 4.38. The number of hydrogen-bond acceptors (Lipinski definition) is 7. The molecule has 1 aromatic carbocycles. The topological polar surface area (TPSA) is 86.0 Å². The maximum absolute atomic E-state index is 5.39. The van der Waals surface area contributed by atoms with Gasteiger partial charge in [-0.05, 0) is 24.0 Å². The summed E-state index contributed by atoms with van der Waals surface area (Å²) in [6.07, 6.45) is 5.92. The molecule has 0 unspecified atom stereocenters. The van der Waals surface area contributed by atoms with E-state index < -0.39 is 0 Å². The van der Waals surface area contributed by atoms with Crippen LogP contribution >= 0.6 is 0 Å². The highest BCUT2D eigenvalue weighted by atomic mass is 16.5. The van der Waals surface area contributed by atoms with Crippen LogP contribution < -0.4 is 5.32 Å². The van der Waals surface area contributed by atoms with E-state index in [1.807, 2.05) is 0 Å². The van der Waals surface area contributed by atoms with Crippen LogP contribution in [-0.4, -0.2) is 33.8 Å². The second kappa shape index (κ2) is 6.98. The van der Waals surface area contributed by atoms with Crippen LogP contribution in [0.1, 0.15) is 29.4 Å². The lowest BCUT2D eigenvalue weighted by Crippen LogP contribution is -2.09. The van der Waals surface area contributed by atoms with Gasteiger partial charge >= 0.3 is 0 Å². The molecule has 1 aliphatic carbocycles. The van der Waals surface area contributed by atoms with Crippen molar-refractivity contribution in [1.82, 2.24) is 20.1 Å². The summed E-state index contributed by atoms with van der Waals surface area (Å²) in [5.74, 6) is 1.73. The van der Waals surface area contributed by atoms with Crippen LogP contribution in [0.3, 0.4) is 0 Å². The number of anilines is 1. The van der Waals surface area contributed by atoms with E-state index in [0.29, 0.717) is 36.1 Å². The SMILES string of the molecule is COCCc1noc(-c2cncnc2N[C@H]2CCc3ccccc32)n1. The molecule has 7 nitrogen and oxygen atoms in total. The van der Waals surface area contributed by atoms with Gasteiger partial charge in [0.2, 0.25) is 0 Å². The summed E-state index contributed by atoms with van der Waals surface area (Å²) in [5, 5.41) is 7.50. The summed E-state index contributed by atoms with van der Waals surface area (Å²) in [4.78, 5) is 12.9. The second-order valence-corrected chi connectivity index (χ2v) is 5.98. The summed E-state index contributed by atoms with van der Waals surface area (Å²) in [7, 11) is 1.65. The Kier molecular flexibility index (Phi) is 4.39. The fraction of sp³-hybridized carbons (Fsp3) is 0.333. The van der Waals surface area contributed by atoms with Crippen LogP contribution in [0.4, 0.5) is 5.82 Å². The molecule has 0 bridgehead atoms. The zero-order chi connectivity index (χ0) is 17.1. The molecule has 2 heterocycles. The first-order chi connectivity index (χ1) is 12.3. The third kappa shape index (κ3) is 3.23. The van der Waals surface area contributed by atoms with E-state index >= 15 is 0 Å². The molecule has 0 aliphatic heterocycles. The molecule has 0 fully saturated rings. The third-order valence-electron chi connectivity index (χ3n) is 4.38. The highest BCUT2D eigenvalue weighted by molar-refractivity contribution is 5.68. The Hall–Kier alpha value is -2.80. The Balaban J connectivity index is 1.59. The van der Waals surface area contributed by atoms with Crippen molar-refractivity contribution in [3.8, 4) is 11.5 Å². The molecule has 1 N–H and O–H groups in total. The largest absolute Gasteiger partial charge is 0.384 e. The molecule has 7 heteroatoms. The van der Waals surface area contributed by atoms with Crippen molar-refractivity contribution < 1.29 is 9.26 Å². The number of aromatic nitrogens is 4. The number of aryl methyl sites for hydroxylation is 1. The Morgan fingerprint density at radius 1 is 1.32 bits per heavy atom. The van der Waals surface area contributed by atoms with Crippen molar-refractivity contribution in [2.75, 3.05) is 19.0 Å². The molecule has 128 valence electrons. The molecular weight excluding hydrogens is 318 g/mol. The van der Waals surface area contributed by atoms with Crippen LogP contribution in [0.5, 0.6) is 0 Å². The lowest BCUT2D eigenvalue weighted by atomic mass is 10.1. The number of nitrogens with zero attached hydrogens (tertiary/aromatic N) is 4. The minimum atomic E-state index is 0.223. The molecule has 1 atom stereocenters. The van der Waals surface area contributed by atoms with Crippen LogP contribution in [0.2, 0.25) is 0 Å². The monoisotopic (exact) mass is 337 g/mol. The Bertz CT molecular complexity index is 864. The Morgan fingerprint density at radius 3 is 3.16 bits per heavy atom. The minimum Gasteiger partial charge on any atom is -0.384 e. The summed E-state index contributed by atoms with van der Waals surface area (Å²) >= 11 is 0. The quantitative estimate of drug-likeness (QED) is 0.740. The second-order valence-electron chi connectivity index (χ2n) is 5.98. The molecule has 0 saturated carbocycles. The maximum Gasteiger partial charge on any atom is 0.263 e. The fourth-order valence-corrected chi connectivity index (χ4v) is 3.13. The predicted octanol–water partition coefficient (Wildman–Crippen LogP) is 2.81. The Morgan fingerprint density at radius 2 is 2.24 bits per heavy atom. The van der Waals surface area contributed by atoms with Crippen LogP contribution in [-0.2, 0) is 17.6 Å². The van der Waals surface area contributed by atoms with E-state index in [9.17, 15) is 0 Å². The normalized spacial score (nSPS) is 16.0. The fourth-order valence-electron chi connectivity index (χ4n) is 3.13. The molecule has 0 saturated heterocycles. The lowest BCUT2D eigenvalue weighted by molar-refractivity contribution is 0.199. The first-order valence-corrected chi connectivity index (χ1v) is 8.31. The smallest absolute Gasteiger partial charge is 0.263 e. The highest BCUT2D eigenvalue weighted by Gasteiger charge is 2.24. The van der Waals surface area contributed by atoms with Crippen molar-refractivity contribution in [3.05, 3.63) is 53.7 Å². The summed E-state index contributed by atoms with van der Waals surface area (Å²) in [5.41, 5.74) is 3.41. The number of fused-ring (bicyclic) bond motifs is 1. The molecular formula is C18H19N5O2.